The molecule has 1 aromatic heterocycles. The van der Waals surface area contributed by atoms with Crippen molar-refractivity contribution >= 4 is 23.2 Å². The number of aliphatic carboxylic acids is 1. The lowest BCUT2D eigenvalue weighted by Crippen LogP contribution is -2.22. The lowest BCUT2D eigenvalue weighted by Gasteiger charge is -2.12. The molecule has 0 aliphatic heterocycles. The van der Waals surface area contributed by atoms with Crippen LogP contribution in [0.25, 0.3) is 0 Å². The average molecular weight is 299 g/mol. The van der Waals surface area contributed by atoms with Gasteiger partial charge < -0.3 is 10.4 Å². The predicted molar refractivity (Wildman–Crippen MR) is 76.6 cm³/mol. The molecular weight excluding hydrogens is 278 g/mol. The Morgan fingerprint density at radius 3 is 2.40 bits per heavy atom. The molecule has 0 bridgehead atoms. The number of carbonyl (C=O) groups excluding carboxylic acids is 1. The smallest absolute Gasteiger partial charge is 0.303 e. The van der Waals surface area contributed by atoms with Crippen molar-refractivity contribution in [2.45, 2.75) is 58.4 Å². The van der Waals surface area contributed by atoms with Gasteiger partial charge in [-0.25, -0.2) is 0 Å². The Morgan fingerprint density at radius 2 is 1.85 bits per heavy atom. The zero-order valence-electron chi connectivity index (χ0n) is 12.1. The summed E-state index contributed by atoms with van der Waals surface area (Å²) in [6.45, 7) is 6.58. The number of carboxylic acids is 1. The first kappa shape index (κ1) is 16.6. The molecule has 0 atom stereocenters. The molecule has 2 N–H and O–H groups in total. The molecule has 0 spiro atoms. The van der Waals surface area contributed by atoms with Gasteiger partial charge in [-0.2, -0.15) is 0 Å². The third kappa shape index (κ3) is 6.10. The van der Waals surface area contributed by atoms with Gasteiger partial charge in [0.25, 0.3) is 0 Å². The standard InChI is InChI=1S/C13H21N3O3S/c1-13(2,3)12-16-15-10(20-12)8-14-9(17)6-4-5-7-11(18)19/h4-8H2,1-3H3,(H,14,17)(H,18,19). The van der Waals surface area contributed by atoms with Gasteiger partial charge in [-0.1, -0.05) is 32.1 Å². The van der Waals surface area contributed by atoms with Crippen LogP contribution in [0.15, 0.2) is 0 Å². The van der Waals surface area contributed by atoms with E-state index in [1.807, 2.05) is 0 Å². The number of carboxylic acid groups (broad SMARTS) is 1. The quantitative estimate of drug-likeness (QED) is 0.752. The highest BCUT2D eigenvalue weighted by Gasteiger charge is 2.19. The minimum absolute atomic E-state index is 0.0310. The van der Waals surface area contributed by atoms with Gasteiger partial charge in [-0.15, -0.1) is 10.2 Å². The van der Waals surface area contributed by atoms with E-state index in [0.29, 0.717) is 25.8 Å². The second-order valence-electron chi connectivity index (χ2n) is 5.63. The number of amides is 1. The van der Waals surface area contributed by atoms with E-state index in [2.05, 4.69) is 36.3 Å². The van der Waals surface area contributed by atoms with Crippen LogP contribution in [0.3, 0.4) is 0 Å². The molecule has 0 aromatic carbocycles. The number of hydrogen-bond acceptors (Lipinski definition) is 5. The zero-order valence-corrected chi connectivity index (χ0v) is 12.9. The van der Waals surface area contributed by atoms with E-state index in [1.165, 1.54) is 11.3 Å². The maximum Gasteiger partial charge on any atom is 0.303 e. The topological polar surface area (TPSA) is 92.2 Å². The van der Waals surface area contributed by atoms with Crippen molar-refractivity contribution in [3.8, 4) is 0 Å². The number of carbonyl (C=O) groups is 2. The molecule has 0 aliphatic carbocycles. The van der Waals surface area contributed by atoms with E-state index in [0.717, 1.165) is 10.0 Å². The highest BCUT2D eigenvalue weighted by molar-refractivity contribution is 7.11. The molecule has 7 heteroatoms. The number of hydrogen-bond donors (Lipinski definition) is 2. The maximum absolute atomic E-state index is 11.6. The molecule has 0 radical (unpaired) electrons. The molecule has 0 aliphatic rings. The van der Waals surface area contributed by atoms with Crippen molar-refractivity contribution in [2.24, 2.45) is 0 Å². The highest BCUT2D eigenvalue weighted by atomic mass is 32.1. The van der Waals surface area contributed by atoms with Crippen molar-refractivity contribution in [1.29, 1.82) is 0 Å². The summed E-state index contributed by atoms with van der Waals surface area (Å²) in [5.41, 5.74) is -0.0310. The Morgan fingerprint density at radius 1 is 1.20 bits per heavy atom. The molecular formula is C13H21N3O3S. The molecule has 6 nitrogen and oxygen atoms in total. The number of nitrogens with zero attached hydrogens (tertiary/aromatic N) is 2. The Balaban J connectivity index is 2.27. The van der Waals surface area contributed by atoms with Crippen LogP contribution in [0.2, 0.25) is 0 Å². The van der Waals surface area contributed by atoms with Crippen molar-refractivity contribution < 1.29 is 14.7 Å². The minimum atomic E-state index is -0.825. The summed E-state index contributed by atoms with van der Waals surface area (Å²) in [5, 5.41) is 21.2. The third-order valence-corrected chi connectivity index (χ3v) is 3.94. The van der Waals surface area contributed by atoms with Crippen LogP contribution in [0, 0.1) is 0 Å². The molecule has 0 saturated carbocycles. The van der Waals surface area contributed by atoms with Gasteiger partial charge in [0, 0.05) is 18.3 Å². The summed E-state index contributed by atoms with van der Waals surface area (Å²) in [7, 11) is 0. The van der Waals surface area contributed by atoms with Crippen LogP contribution < -0.4 is 5.32 Å². The number of rotatable bonds is 7. The van der Waals surface area contributed by atoms with Gasteiger partial charge in [0.2, 0.25) is 5.91 Å². The van der Waals surface area contributed by atoms with Gasteiger partial charge in [0.15, 0.2) is 0 Å². The second kappa shape index (κ2) is 7.33. The Bertz CT molecular complexity index is 466. The van der Waals surface area contributed by atoms with Gasteiger partial charge >= 0.3 is 5.97 Å². The van der Waals surface area contributed by atoms with Crippen molar-refractivity contribution in [3.63, 3.8) is 0 Å². The fourth-order valence-corrected chi connectivity index (χ4v) is 2.29. The van der Waals surface area contributed by atoms with Crippen LogP contribution in [-0.4, -0.2) is 27.2 Å². The summed E-state index contributed by atoms with van der Waals surface area (Å²) in [6, 6.07) is 0. The number of aromatic nitrogens is 2. The lowest BCUT2D eigenvalue weighted by molar-refractivity contribution is -0.137. The Hall–Kier alpha value is -1.50. The van der Waals surface area contributed by atoms with E-state index in [4.69, 9.17) is 5.11 Å². The van der Waals surface area contributed by atoms with Crippen molar-refractivity contribution in [1.82, 2.24) is 15.5 Å². The summed E-state index contributed by atoms with van der Waals surface area (Å²) < 4.78 is 0. The van der Waals surface area contributed by atoms with E-state index in [1.54, 1.807) is 0 Å². The summed E-state index contributed by atoms with van der Waals surface area (Å²) in [4.78, 5) is 21.9. The fourth-order valence-electron chi connectivity index (χ4n) is 1.45. The van der Waals surface area contributed by atoms with Gasteiger partial charge in [0.1, 0.15) is 10.0 Å². The van der Waals surface area contributed by atoms with E-state index in [-0.39, 0.29) is 17.7 Å². The van der Waals surface area contributed by atoms with Crippen LogP contribution in [0.4, 0.5) is 0 Å². The van der Waals surface area contributed by atoms with Gasteiger partial charge in [-0.05, 0) is 12.8 Å². The van der Waals surface area contributed by atoms with Crippen LogP contribution in [0.1, 0.15) is 56.5 Å². The predicted octanol–water partition coefficient (Wildman–Crippen LogP) is 2.10. The molecule has 20 heavy (non-hydrogen) atoms. The maximum atomic E-state index is 11.6. The third-order valence-electron chi connectivity index (χ3n) is 2.59. The lowest BCUT2D eigenvalue weighted by atomic mass is 9.98. The summed E-state index contributed by atoms with van der Waals surface area (Å²) >= 11 is 1.50. The Labute approximate surface area is 122 Å². The molecule has 0 saturated heterocycles. The molecule has 112 valence electrons. The van der Waals surface area contributed by atoms with Crippen LogP contribution >= 0.6 is 11.3 Å². The normalized spacial score (nSPS) is 11.3. The monoisotopic (exact) mass is 299 g/mol. The van der Waals surface area contributed by atoms with Crippen LogP contribution in [-0.2, 0) is 21.5 Å². The van der Waals surface area contributed by atoms with Crippen molar-refractivity contribution in [2.75, 3.05) is 0 Å². The van der Waals surface area contributed by atoms with Crippen LogP contribution in [0.5, 0.6) is 0 Å². The SMILES string of the molecule is CC(C)(C)c1nnc(CNC(=O)CCCCC(=O)O)s1. The summed E-state index contributed by atoms with van der Waals surface area (Å²) in [5.74, 6) is -0.906. The van der Waals surface area contributed by atoms with E-state index in [9.17, 15) is 9.59 Å². The largest absolute Gasteiger partial charge is 0.481 e. The first-order chi connectivity index (χ1) is 9.29. The molecule has 1 amide bonds. The number of nitrogens with one attached hydrogen (secondary N) is 1. The van der Waals surface area contributed by atoms with Gasteiger partial charge in [0.05, 0.1) is 6.54 Å². The average Bonchev–Trinajstić information content (AvgIpc) is 2.80. The molecule has 0 unspecified atom stereocenters. The number of unbranched alkanes of at least 4 members (excludes halogenated alkanes) is 1. The first-order valence-corrected chi connectivity index (χ1v) is 7.42. The first-order valence-electron chi connectivity index (χ1n) is 6.60. The van der Waals surface area contributed by atoms with E-state index >= 15 is 0 Å². The van der Waals surface area contributed by atoms with Crippen molar-refractivity contribution in [3.05, 3.63) is 10.0 Å². The Kier molecular flexibility index (Phi) is 6.06. The molecule has 1 rings (SSSR count). The minimum Gasteiger partial charge on any atom is -0.481 e. The highest BCUT2D eigenvalue weighted by Crippen LogP contribution is 2.25. The summed E-state index contributed by atoms with van der Waals surface area (Å²) in [6.07, 6.45) is 1.56. The zero-order chi connectivity index (χ0) is 15.2. The fraction of sp³-hybridized carbons (Fsp3) is 0.692. The molecule has 1 heterocycles. The second-order valence-corrected chi connectivity index (χ2v) is 6.69. The van der Waals surface area contributed by atoms with E-state index < -0.39 is 5.97 Å². The molecule has 1 aromatic rings. The van der Waals surface area contributed by atoms with Gasteiger partial charge in [-0.3, -0.25) is 9.59 Å². The molecule has 0 fully saturated rings.